The zero-order valence-electron chi connectivity index (χ0n) is 19.3. The number of nitrogens with one attached hydrogen (secondary N) is 3. The van der Waals surface area contributed by atoms with Gasteiger partial charge >= 0.3 is 12.1 Å². The number of piperidine rings is 1. The SMILES string of the molecule is CC(C)NC(=O)N1CCC(S(=O)(=O)NC(=O)Nc2c3c(cc4c2CCC4)CCC3)CC1.[K]. The third-order valence-corrected chi connectivity index (χ3v) is 8.35. The van der Waals surface area contributed by atoms with E-state index >= 15 is 0 Å². The van der Waals surface area contributed by atoms with Crippen LogP contribution in [0.25, 0.3) is 0 Å². The Morgan fingerprint density at radius 1 is 1.00 bits per heavy atom. The Morgan fingerprint density at radius 3 is 2.09 bits per heavy atom. The van der Waals surface area contributed by atoms with E-state index in [0.717, 1.165) is 55.3 Å². The number of amides is 4. The number of benzene rings is 1. The fourth-order valence-electron chi connectivity index (χ4n) is 5.03. The second-order valence-corrected chi connectivity index (χ2v) is 11.1. The minimum Gasteiger partial charge on any atom is -0.336 e. The van der Waals surface area contributed by atoms with E-state index in [0.29, 0.717) is 25.9 Å². The standard InChI is InChI=1S/C22H32N4O4S.K/c1-14(2)23-22(28)26-11-9-17(10-12-26)31(29,30)25-21(27)24-20-18-7-3-5-15(18)13-16-6-4-8-19(16)20;/h13-14,17H,3-12H2,1-2H3,(H,23,28)(H2,24,25,27);. The van der Waals surface area contributed by atoms with E-state index < -0.39 is 21.3 Å². The molecule has 1 fully saturated rings. The minimum atomic E-state index is -3.82. The summed E-state index contributed by atoms with van der Waals surface area (Å²) in [5.41, 5.74) is 5.72. The quantitative estimate of drug-likeness (QED) is 0.567. The van der Waals surface area contributed by atoms with E-state index in [-0.39, 0.29) is 63.5 Å². The number of hydrogen-bond donors (Lipinski definition) is 3. The molecule has 32 heavy (non-hydrogen) atoms. The summed E-state index contributed by atoms with van der Waals surface area (Å²) in [6.45, 7) is 4.47. The number of aryl methyl sites for hydroxylation is 2. The van der Waals surface area contributed by atoms with Gasteiger partial charge in [0.1, 0.15) is 0 Å². The van der Waals surface area contributed by atoms with Gasteiger partial charge in [-0.2, -0.15) is 0 Å². The summed E-state index contributed by atoms with van der Waals surface area (Å²) < 4.78 is 27.9. The van der Waals surface area contributed by atoms with Crippen LogP contribution < -0.4 is 15.4 Å². The molecule has 0 aromatic heterocycles. The Morgan fingerprint density at radius 2 is 1.56 bits per heavy atom. The largest absolute Gasteiger partial charge is 0.336 e. The summed E-state index contributed by atoms with van der Waals surface area (Å²) in [4.78, 5) is 26.4. The molecule has 3 N–H and O–H groups in total. The van der Waals surface area contributed by atoms with Crippen LogP contribution in [0.4, 0.5) is 15.3 Å². The second-order valence-electron chi connectivity index (χ2n) is 9.13. The van der Waals surface area contributed by atoms with Crippen LogP contribution in [0.2, 0.25) is 0 Å². The Balaban J connectivity index is 0.00000289. The molecule has 1 aromatic carbocycles. The molecule has 10 heteroatoms. The molecule has 4 rings (SSSR count). The first-order chi connectivity index (χ1) is 14.7. The number of hydrogen-bond acceptors (Lipinski definition) is 4. The number of likely N-dealkylation sites (tertiary alicyclic amines) is 1. The van der Waals surface area contributed by atoms with E-state index in [9.17, 15) is 18.0 Å². The van der Waals surface area contributed by atoms with Gasteiger partial charge < -0.3 is 15.5 Å². The molecule has 2 aliphatic carbocycles. The number of carbonyl (C=O) groups excluding carboxylic acids is 2. The normalized spacial score (nSPS) is 18.0. The smallest absolute Gasteiger partial charge is 0.332 e. The van der Waals surface area contributed by atoms with Crippen LogP contribution in [-0.4, -0.2) is 101 Å². The molecule has 1 radical (unpaired) electrons. The third-order valence-electron chi connectivity index (χ3n) is 6.53. The van der Waals surface area contributed by atoms with Gasteiger partial charge in [0, 0.05) is 76.2 Å². The molecule has 0 bridgehead atoms. The summed E-state index contributed by atoms with van der Waals surface area (Å²) in [6.07, 6.45) is 6.62. The molecule has 1 aliphatic heterocycles. The number of fused-ring (bicyclic) bond motifs is 2. The maximum Gasteiger partial charge on any atom is 0.332 e. The van der Waals surface area contributed by atoms with Crippen LogP contribution in [0.1, 0.15) is 61.8 Å². The Labute approximate surface area is 233 Å². The number of sulfonamides is 1. The van der Waals surface area contributed by atoms with E-state index in [1.807, 2.05) is 13.8 Å². The van der Waals surface area contributed by atoms with Gasteiger partial charge in [0.25, 0.3) is 0 Å². The van der Waals surface area contributed by atoms with E-state index in [2.05, 4.69) is 21.4 Å². The summed E-state index contributed by atoms with van der Waals surface area (Å²) in [7, 11) is -3.82. The van der Waals surface area contributed by atoms with Crippen LogP contribution >= 0.6 is 0 Å². The predicted octanol–water partition coefficient (Wildman–Crippen LogP) is 2.32. The molecular weight excluding hydrogens is 455 g/mol. The van der Waals surface area contributed by atoms with Crippen molar-refractivity contribution in [1.82, 2.24) is 14.9 Å². The van der Waals surface area contributed by atoms with Gasteiger partial charge in [0.05, 0.1) is 5.25 Å². The molecule has 1 aromatic rings. The Hall–Kier alpha value is -0.654. The first kappa shape index (κ1) is 26.0. The number of urea groups is 2. The van der Waals surface area contributed by atoms with Crippen molar-refractivity contribution in [3.05, 3.63) is 28.3 Å². The summed E-state index contributed by atoms with van der Waals surface area (Å²) in [6, 6.07) is 1.44. The zero-order chi connectivity index (χ0) is 22.2. The van der Waals surface area contributed by atoms with Gasteiger partial charge in [0.2, 0.25) is 10.0 Å². The topological polar surface area (TPSA) is 108 Å². The number of nitrogens with zero attached hydrogens (tertiary/aromatic N) is 1. The molecule has 3 aliphatic rings. The second kappa shape index (κ2) is 10.7. The third kappa shape index (κ3) is 5.70. The van der Waals surface area contributed by atoms with E-state index in [4.69, 9.17) is 0 Å². The maximum atomic E-state index is 12.8. The maximum absolute atomic E-state index is 12.8. The minimum absolute atomic E-state index is 0. The molecule has 0 atom stereocenters. The molecule has 1 heterocycles. The first-order valence-corrected chi connectivity index (χ1v) is 12.8. The molecule has 8 nitrogen and oxygen atoms in total. The van der Waals surface area contributed by atoms with Gasteiger partial charge in [-0.05, 0) is 87.5 Å². The zero-order valence-corrected chi connectivity index (χ0v) is 23.2. The van der Waals surface area contributed by atoms with Crippen molar-refractivity contribution in [2.45, 2.75) is 76.5 Å². The average molecular weight is 488 g/mol. The van der Waals surface area contributed by atoms with Gasteiger partial charge in [-0.25, -0.2) is 22.7 Å². The van der Waals surface area contributed by atoms with Crippen molar-refractivity contribution in [1.29, 1.82) is 0 Å². The molecular formula is C22H32KN4O4S. The van der Waals surface area contributed by atoms with Gasteiger partial charge in [0.15, 0.2) is 0 Å². The van der Waals surface area contributed by atoms with Crippen molar-refractivity contribution in [3.63, 3.8) is 0 Å². The fourth-order valence-corrected chi connectivity index (χ4v) is 6.33. The van der Waals surface area contributed by atoms with Gasteiger partial charge in [-0.3, -0.25) is 0 Å². The molecule has 0 saturated carbocycles. The summed E-state index contributed by atoms with van der Waals surface area (Å²) in [5.74, 6) is 0. The number of anilines is 1. The molecule has 4 amide bonds. The fraction of sp³-hybridized carbons (Fsp3) is 0.636. The molecule has 1 saturated heterocycles. The molecule has 171 valence electrons. The van der Waals surface area contributed by atoms with Crippen molar-refractivity contribution < 1.29 is 18.0 Å². The van der Waals surface area contributed by atoms with Crippen LogP contribution in [-0.2, 0) is 35.7 Å². The van der Waals surface area contributed by atoms with Crippen LogP contribution in [0.3, 0.4) is 0 Å². The number of rotatable bonds is 4. The van der Waals surface area contributed by atoms with E-state index in [1.54, 1.807) is 4.90 Å². The first-order valence-electron chi connectivity index (χ1n) is 11.3. The van der Waals surface area contributed by atoms with Crippen molar-refractivity contribution in [2.24, 2.45) is 0 Å². The average Bonchev–Trinajstić information content (AvgIpc) is 3.36. The van der Waals surface area contributed by atoms with E-state index in [1.165, 1.54) is 11.1 Å². The molecule has 0 spiro atoms. The summed E-state index contributed by atoms with van der Waals surface area (Å²) in [5, 5.41) is 5.02. The van der Waals surface area contributed by atoms with Crippen molar-refractivity contribution in [3.8, 4) is 0 Å². The monoisotopic (exact) mass is 487 g/mol. The van der Waals surface area contributed by atoms with Crippen LogP contribution in [0.5, 0.6) is 0 Å². The van der Waals surface area contributed by atoms with Crippen molar-refractivity contribution in [2.75, 3.05) is 18.4 Å². The van der Waals surface area contributed by atoms with Gasteiger partial charge in [-0.1, -0.05) is 6.07 Å². The Bertz CT molecular complexity index is 956. The summed E-state index contributed by atoms with van der Waals surface area (Å²) >= 11 is 0. The predicted molar refractivity (Wildman–Crippen MR) is 126 cm³/mol. The van der Waals surface area contributed by atoms with Crippen LogP contribution in [0.15, 0.2) is 6.07 Å². The molecule has 0 unspecified atom stereocenters. The van der Waals surface area contributed by atoms with Gasteiger partial charge in [-0.15, -0.1) is 0 Å². The Kier molecular flexibility index (Phi) is 8.71. The van der Waals surface area contributed by atoms with Crippen molar-refractivity contribution >= 4 is 79.2 Å². The number of carbonyl (C=O) groups is 2. The van der Waals surface area contributed by atoms with Crippen LogP contribution in [0, 0.1) is 0 Å².